The maximum absolute atomic E-state index is 5.35. The van der Waals surface area contributed by atoms with E-state index in [0.717, 1.165) is 17.4 Å². The summed E-state index contributed by atoms with van der Waals surface area (Å²) in [6.45, 7) is 5.81. The maximum atomic E-state index is 5.35. The molecule has 0 aliphatic heterocycles. The van der Waals surface area contributed by atoms with Crippen LogP contribution in [0.25, 0.3) is 0 Å². The van der Waals surface area contributed by atoms with E-state index in [1.54, 1.807) is 0 Å². The third-order valence-corrected chi connectivity index (χ3v) is 2.94. The van der Waals surface area contributed by atoms with Gasteiger partial charge in [-0.25, -0.2) is 15.0 Å². The van der Waals surface area contributed by atoms with Gasteiger partial charge in [0, 0.05) is 19.2 Å². The Balaban J connectivity index is 2.17. The molecule has 0 saturated carbocycles. The fourth-order valence-corrected chi connectivity index (χ4v) is 2.11. The summed E-state index contributed by atoms with van der Waals surface area (Å²) in [6, 6.07) is 1.88. The lowest BCUT2D eigenvalue weighted by Gasteiger charge is -2.07. The summed E-state index contributed by atoms with van der Waals surface area (Å²) >= 11 is 1.41. The van der Waals surface area contributed by atoms with Gasteiger partial charge in [-0.05, 0) is 25.6 Å². The number of ether oxygens (including phenoxy) is 1. The molecule has 2 heterocycles. The summed E-state index contributed by atoms with van der Waals surface area (Å²) in [5, 5.41) is 11.3. The second kappa shape index (κ2) is 7.05. The van der Waals surface area contributed by atoms with Gasteiger partial charge in [-0.15, -0.1) is 0 Å². The number of rotatable bonds is 7. The normalized spacial score (nSPS) is 10.6. The molecule has 0 aliphatic rings. The van der Waals surface area contributed by atoms with Crippen LogP contribution in [0.4, 0.5) is 5.82 Å². The van der Waals surface area contributed by atoms with Gasteiger partial charge in [-0.1, -0.05) is 0 Å². The van der Waals surface area contributed by atoms with Crippen LogP contribution in [0.2, 0.25) is 0 Å². The molecular weight excluding hydrogens is 264 g/mol. The maximum Gasteiger partial charge on any atom is 0.189 e. The van der Waals surface area contributed by atoms with Gasteiger partial charge in [0.1, 0.15) is 23.8 Å². The van der Waals surface area contributed by atoms with Crippen LogP contribution in [-0.4, -0.2) is 38.3 Å². The minimum Gasteiger partial charge on any atom is -0.374 e. The predicted octanol–water partition coefficient (Wildman–Crippen LogP) is 1.71. The second-order valence-corrected chi connectivity index (χ2v) is 4.58. The van der Waals surface area contributed by atoms with Crippen molar-refractivity contribution in [1.82, 2.24) is 25.1 Å². The second-order valence-electron chi connectivity index (χ2n) is 3.57. The summed E-state index contributed by atoms with van der Waals surface area (Å²) in [4.78, 5) is 12.9. The molecule has 2 N–H and O–H groups in total. The van der Waals surface area contributed by atoms with E-state index < -0.39 is 0 Å². The molecule has 2 aromatic heterocycles. The van der Waals surface area contributed by atoms with Gasteiger partial charge in [0.15, 0.2) is 11.0 Å². The highest BCUT2D eigenvalue weighted by molar-refractivity contribution is 7.99. The van der Waals surface area contributed by atoms with Crippen LogP contribution >= 0.6 is 11.8 Å². The van der Waals surface area contributed by atoms with Crippen molar-refractivity contribution in [2.24, 2.45) is 0 Å². The van der Waals surface area contributed by atoms with Crippen molar-refractivity contribution in [2.75, 3.05) is 18.5 Å². The molecule has 0 aromatic carbocycles. The standard InChI is InChI=1S/C11H16N6OS/c1-3-12-8-5-10(19-11-13-7-14-17-11)16-9(15-8)6-18-4-2/h5,7H,3-4,6H2,1-2H3,(H,12,15,16)(H,13,14,17). The van der Waals surface area contributed by atoms with Crippen LogP contribution in [0, 0.1) is 0 Å². The van der Waals surface area contributed by atoms with Gasteiger partial charge in [-0.3, -0.25) is 5.10 Å². The largest absolute Gasteiger partial charge is 0.374 e. The Hall–Kier alpha value is -1.67. The summed E-state index contributed by atoms with van der Waals surface area (Å²) in [5.41, 5.74) is 0. The Morgan fingerprint density at radius 2 is 2.26 bits per heavy atom. The molecular formula is C11H16N6OS. The molecule has 0 spiro atoms. The van der Waals surface area contributed by atoms with E-state index in [0.29, 0.717) is 24.2 Å². The first kappa shape index (κ1) is 13.8. The third kappa shape index (κ3) is 4.18. The van der Waals surface area contributed by atoms with Crippen molar-refractivity contribution in [2.45, 2.75) is 30.6 Å². The Morgan fingerprint density at radius 1 is 1.37 bits per heavy atom. The molecule has 19 heavy (non-hydrogen) atoms. The van der Waals surface area contributed by atoms with E-state index in [4.69, 9.17) is 4.74 Å². The average Bonchev–Trinajstić information content (AvgIpc) is 2.89. The molecule has 0 unspecified atom stereocenters. The van der Waals surface area contributed by atoms with E-state index in [9.17, 15) is 0 Å². The third-order valence-electron chi connectivity index (χ3n) is 2.14. The topological polar surface area (TPSA) is 88.6 Å². The van der Waals surface area contributed by atoms with Crippen molar-refractivity contribution in [3.8, 4) is 0 Å². The zero-order chi connectivity index (χ0) is 13.5. The first-order chi connectivity index (χ1) is 9.31. The van der Waals surface area contributed by atoms with Crippen LogP contribution in [0.3, 0.4) is 0 Å². The molecule has 2 aromatic rings. The molecule has 2 rings (SSSR count). The monoisotopic (exact) mass is 280 g/mol. The number of nitrogens with zero attached hydrogens (tertiary/aromatic N) is 4. The van der Waals surface area contributed by atoms with Gasteiger partial charge in [0.05, 0.1) is 0 Å². The molecule has 7 nitrogen and oxygen atoms in total. The Bertz CT molecular complexity index is 504. The van der Waals surface area contributed by atoms with Crippen LogP contribution in [0.1, 0.15) is 19.7 Å². The molecule has 0 amide bonds. The first-order valence-electron chi connectivity index (χ1n) is 6.04. The average molecular weight is 280 g/mol. The van der Waals surface area contributed by atoms with E-state index in [1.807, 2.05) is 19.9 Å². The highest BCUT2D eigenvalue weighted by Crippen LogP contribution is 2.24. The highest BCUT2D eigenvalue weighted by atomic mass is 32.2. The minimum atomic E-state index is 0.402. The van der Waals surface area contributed by atoms with E-state index in [2.05, 4.69) is 30.5 Å². The summed E-state index contributed by atoms with van der Waals surface area (Å²) < 4.78 is 5.35. The Morgan fingerprint density at radius 3 is 2.95 bits per heavy atom. The van der Waals surface area contributed by atoms with Crippen molar-refractivity contribution in [1.29, 1.82) is 0 Å². The smallest absolute Gasteiger partial charge is 0.189 e. The number of aromatic nitrogens is 5. The minimum absolute atomic E-state index is 0.402. The lowest BCUT2D eigenvalue weighted by atomic mass is 10.5. The van der Waals surface area contributed by atoms with Gasteiger partial charge in [0.2, 0.25) is 0 Å². The molecule has 102 valence electrons. The van der Waals surface area contributed by atoms with Crippen molar-refractivity contribution < 1.29 is 4.74 Å². The molecule has 0 atom stereocenters. The highest BCUT2D eigenvalue weighted by Gasteiger charge is 2.07. The molecule has 0 saturated heterocycles. The SMILES string of the molecule is CCNc1cc(Sc2ncn[nH]2)nc(COCC)n1. The number of aromatic amines is 1. The molecule has 0 radical (unpaired) electrons. The van der Waals surface area contributed by atoms with Crippen molar-refractivity contribution in [3.05, 3.63) is 18.2 Å². The Labute approximate surface area is 115 Å². The van der Waals surface area contributed by atoms with Gasteiger partial charge in [-0.2, -0.15) is 5.10 Å². The Kier molecular flexibility index (Phi) is 5.10. The fourth-order valence-electron chi connectivity index (χ4n) is 1.40. The van der Waals surface area contributed by atoms with E-state index in [-0.39, 0.29) is 0 Å². The zero-order valence-corrected chi connectivity index (χ0v) is 11.7. The molecule has 0 bridgehead atoms. The van der Waals surface area contributed by atoms with Crippen molar-refractivity contribution in [3.63, 3.8) is 0 Å². The summed E-state index contributed by atoms with van der Waals surface area (Å²) in [5.74, 6) is 1.44. The summed E-state index contributed by atoms with van der Waals surface area (Å²) in [6.07, 6.45) is 1.47. The first-order valence-corrected chi connectivity index (χ1v) is 6.86. The van der Waals surface area contributed by atoms with Crippen LogP contribution in [0.5, 0.6) is 0 Å². The van der Waals surface area contributed by atoms with Crippen molar-refractivity contribution >= 4 is 17.6 Å². The number of hydrogen-bond acceptors (Lipinski definition) is 7. The van der Waals surface area contributed by atoms with Crippen LogP contribution in [0.15, 0.2) is 22.6 Å². The van der Waals surface area contributed by atoms with E-state index in [1.165, 1.54) is 18.1 Å². The lowest BCUT2D eigenvalue weighted by molar-refractivity contribution is 0.128. The van der Waals surface area contributed by atoms with Crippen LogP contribution in [-0.2, 0) is 11.3 Å². The number of hydrogen-bond donors (Lipinski definition) is 2. The predicted molar refractivity (Wildman–Crippen MR) is 72.0 cm³/mol. The zero-order valence-electron chi connectivity index (χ0n) is 10.9. The number of H-pyrrole nitrogens is 1. The van der Waals surface area contributed by atoms with Gasteiger partial charge in [0.25, 0.3) is 0 Å². The summed E-state index contributed by atoms with van der Waals surface area (Å²) in [7, 11) is 0. The molecule has 0 fully saturated rings. The van der Waals surface area contributed by atoms with Gasteiger partial charge < -0.3 is 10.1 Å². The molecule has 8 heteroatoms. The van der Waals surface area contributed by atoms with Crippen LogP contribution < -0.4 is 5.32 Å². The van der Waals surface area contributed by atoms with Gasteiger partial charge >= 0.3 is 0 Å². The molecule has 0 aliphatic carbocycles. The number of nitrogens with one attached hydrogen (secondary N) is 2. The lowest BCUT2D eigenvalue weighted by Crippen LogP contribution is -2.06. The van der Waals surface area contributed by atoms with E-state index >= 15 is 0 Å². The quantitative estimate of drug-likeness (QED) is 0.746. The number of anilines is 1. The fraction of sp³-hybridized carbons (Fsp3) is 0.455.